The Morgan fingerprint density at radius 3 is 1.41 bits per heavy atom. The number of nitriles is 2. The molecule has 0 unspecified atom stereocenters. The van der Waals surface area contributed by atoms with Crippen molar-refractivity contribution in [2.24, 2.45) is 14.1 Å². The molecule has 21 nitrogen and oxygen atoms in total. The highest BCUT2D eigenvalue weighted by atomic mass is 16.4. The number of imidazole rings is 2. The molecule has 0 spiro atoms. The van der Waals surface area contributed by atoms with E-state index in [9.17, 15) is 25.2 Å². The summed E-state index contributed by atoms with van der Waals surface area (Å²) in [7, 11) is 3.77. The normalized spacial score (nSPS) is 14.0. The minimum atomic E-state index is -1.30. The molecule has 2 aliphatic rings. The number of aliphatic hydroxyl groups is 2. The lowest BCUT2D eigenvalue weighted by Crippen LogP contribution is -2.52. The van der Waals surface area contributed by atoms with Crippen molar-refractivity contribution in [1.29, 1.82) is 10.5 Å². The number of rotatable bonds is 12. The molecule has 2 saturated heterocycles. The second-order valence-corrected chi connectivity index (χ2v) is 19.6. The number of fused-ring (bicyclic) bond motifs is 2. The molecule has 2 aromatic carbocycles. The first-order chi connectivity index (χ1) is 39.4. The standard InChI is InChI=1S/C30H28N8O2.C21H20N8.C9H10O3/c1-35-20-24(18-34-35)23-14-26(38-25(16-31)19-33-29(38)15-23)22-7-8-28(32-17-22)36-9-11-37(12-10-36)30(40)27(39)13-21-5-3-2-4-6-21;1-27-14-17(12-26-27)16-8-19(29-18(10-22)13-25-21(29)9-16)15-2-3-20(24-11-15)28-6-4-23-5-7-28;10-8(9(11)12)6-7-4-2-1-3-5-7/h2-8,14-15,17-20,27,39H,9-13H2,1H3;2-3,8-9,11-14,23H,4-7H2,1H3;1-5,8,10H,6H2,(H,11,12)/t27-;;8-/m1.1/s1. The van der Waals surface area contributed by atoms with Crippen LogP contribution in [0.15, 0.2) is 159 Å². The number of anilines is 2. The van der Waals surface area contributed by atoms with Crippen LogP contribution in [0.2, 0.25) is 0 Å². The Hall–Kier alpha value is -10.1. The Labute approximate surface area is 466 Å². The van der Waals surface area contributed by atoms with Gasteiger partial charge in [-0.1, -0.05) is 60.7 Å². The van der Waals surface area contributed by atoms with Crippen LogP contribution in [0, 0.1) is 22.7 Å². The molecule has 4 N–H and O–H groups in total. The summed E-state index contributed by atoms with van der Waals surface area (Å²) in [6.45, 7) is 6.12. The summed E-state index contributed by atoms with van der Waals surface area (Å²) < 4.78 is 7.23. The van der Waals surface area contributed by atoms with Gasteiger partial charge in [0.15, 0.2) is 6.10 Å². The van der Waals surface area contributed by atoms with Crippen molar-refractivity contribution >= 4 is 34.8 Å². The molecule has 12 rings (SSSR count). The van der Waals surface area contributed by atoms with Gasteiger partial charge < -0.3 is 35.3 Å². The van der Waals surface area contributed by atoms with Crippen LogP contribution in [-0.2, 0) is 36.5 Å². The van der Waals surface area contributed by atoms with Gasteiger partial charge in [-0.25, -0.2) is 24.7 Å². The van der Waals surface area contributed by atoms with Gasteiger partial charge in [-0.3, -0.25) is 23.0 Å². The number of aliphatic hydroxyl groups excluding tert-OH is 2. The lowest BCUT2D eigenvalue weighted by atomic mass is 10.1. The van der Waals surface area contributed by atoms with Crippen LogP contribution in [0.1, 0.15) is 22.5 Å². The van der Waals surface area contributed by atoms with E-state index in [0.29, 0.717) is 49.6 Å². The third-order valence-electron chi connectivity index (χ3n) is 14.1. The van der Waals surface area contributed by atoms with E-state index < -0.39 is 18.2 Å². The average Bonchev–Trinajstić information content (AvgIpc) is 4.53. The van der Waals surface area contributed by atoms with Gasteiger partial charge in [-0.15, -0.1) is 0 Å². The number of aliphatic carboxylic acids is 1. The number of nitrogens with one attached hydrogen (secondary N) is 1. The largest absolute Gasteiger partial charge is 0.479 e. The first kappa shape index (κ1) is 54.3. The number of benzene rings is 2. The smallest absolute Gasteiger partial charge is 0.332 e. The number of carbonyl (C=O) groups excluding carboxylic acids is 1. The number of aryl methyl sites for hydroxylation is 2. The predicted molar refractivity (Wildman–Crippen MR) is 304 cm³/mol. The fraction of sp³-hybridized carbons (Fsp3) is 0.233. The van der Waals surface area contributed by atoms with Gasteiger partial charge >= 0.3 is 5.97 Å². The highest BCUT2D eigenvalue weighted by Crippen LogP contribution is 2.32. The minimum absolute atomic E-state index is 0.163. The summed E-state index contributed by atoms with van der Waals surface area (Å²) in [5, 5.41) is 59.0. The Balaban J connectivity index is 0.000000156. The van der Waals surface area contributed by atoms with E-state index >= 15 is 0 Å². The van der Waals surface area contributed by atoms with Crippen LogP contribution in [0.5, 0.6) is 0 Å². The van der Waals surface area contributed by atoms with E-state index in [-0.39, 0.29) is 12.3 Å². The summed E-state index contributed by atoms with van der Waals surface area (Å²) in [6.07, 6.45) is 12.5. The van der Waals surface area contributed by atoms with Gasteiger partial charge in [0.05, 0.1) is 36.2 Å². The predicted octanol–water partition coefficient (Wildman–Crippen LogP) is 5.67. The molecule has 81 heavy (non-hydrogen) atoms. The summed E-state index contributed by atoms with van der Waals surface area (Å²) >= 11 is 0. The van der Waals surface area contributed by atoms with Crippen molar-refractivity contribution in [2.75, 3.05) is 62.2 Å². The molecule has 2 fully saturated rings. The van der Waals surface area contributed by atoms with E-state index in [1.54, 1.807) is 51.2 Å². The summed E-state index contributed by atoms with van der Waals surface area (Å²) in [6, 6.07) is 39.1. The van der Waals surface area contributed by atoms with Gasteiger partial charge in [-0.2, -0.15) is 20.7 Å². The number of amides is 1. The van der Waals surface area contributed by atoms with Gasteiger partial charge in [0.1, 0.15) is 52.6 Å². The van der Waals surface area contributed by atoms with Crippen molar-refractivity contribution in [3.8, 4) is 56.9 Å². The molecule has 2 atom stereocenters. The third kappa shape index (κ3) is 12.6. The molecular weight excluding hydrogens is 1020 g/mol. The fourth-order valence-electron chi connectivity index (χ4n) is 9.84. The van der Waals surface area contributed by atoms with E-state index in [4.69, 9.17) is 20.2 Å². The summed E-state index contributed by atoms with van der Waals surface area (Å²) in [4.78, 5) is 47.5. The van der Waals surface area contributed by atoms with Crippen molar-refractivity contribution < 1.29 is 24.9 Å². The van der Waals surface area contributed by atoms with E-state index in [1.807, 2.05) is 133 Å². The van der Waals surface area contributed by atoms with Gasteiger partial charge in [0.2, 0.25) is 0 Å². The first-order valence-electron chi connectivity index (χ1n) is 26.3. The number of carboxylic acids is 1. The van der Waals surface area contributed by atoms with Crippen LogP contribution in [-0.4, -0.2) is 145 Å². The van der Waals surface area contributed by atoms with Crippen molar-refractivity contribution in [3.05, 3.63) is 181 Å². The molecule has 10 heterocycles. The zero-order chi connectivity index (χ0) is 56.4. The van der Waals surface area contributed by atoms with Crippen LogP contribution in [0.4, 0.5) is 11.6 Å². The highest BCUT2D eigenvalue weighted by molar-refractivity contribution is 5.81. The monoisotopic (exact) mass is 1080 g/mol. The Bertz CT molecular complexity index is 3870. The quantitative estimate of drug-likeness (QED) is 0.115. The minimum Gasteiger partial charge on any atom is -0.479 e. The van der Waals surface area contributed by atoms with Crippen molar-refractivity contribution in [3.63, 3.8) is 0 Å². The number of hydrogen-bond donors (Lipinski definition) is 4. The number of pyridine rings is 4. The SMILES string of the molecule is Cn1cc(-c2cc(-c3ccc(N4CCN(C(=O)[C@H](O)Cc5ccccc5)CC4)nc3)n3c(C#N)cnc3c2)cn1.Cn1cc(-c2cc(-c3ccc(N4CCNCC4)nc3)n3c(C#N)cnc3c2)cn1.O=C(O)[C@H](O)Cc1ccccc1. The van der Waals surface area contributed by atoms with E-state index in [2.05, 4.69) is 59.6 Å². The maximum Gasteiger partial charge on any atom is 0.332 e. The molecule has 2 aliphatic heterocycles. The number of carboxylic acid groups (broad SMARTS) is 1. The zero-order valence-electron chi connectivity index (χ0n) is 44.6. The number of carbonyl (C=O) groups is 2. The van der Waals surface area contributed by atoms with E-state index in [1.165, 1.54) is 0 Å². The topological polar surface area (TPSA) is 260 Å². The van der Waals surface area contributed by atoms with Gasteiger partial charge in [0, 0.05) is 126 Å². The van der Waals surface area contributed by atoms with Crippen LogP contribution < -0.4 is 15.1 Å². The Kier molecular flexibility index (Phi) is 16.6. The van der Waals surface area contributed by atoms with Crippen LogP contribution >= 0.6 is 0 Å². The van der Waals surface area contributed by atoms with Gasteiger partial charge in [-0.05, 0) is 70.8 Å². The maximum absolute atomic E-state index is 12.8. The molecule has 1 amide bonds. The number of aromatic nitrogens is 10. The van der Waals surface area contributed by atoms with Crippen molar-refractivity contribution in [2.45, 2.75) is 25.0 Å². The van der Waals surface area contributed by atoms with Gasteiger partial charge in [0.25, 0.3) is 5.91 Å². The molecule has 0 radical (unpaired) electrons. The number of piperazine rings is 2. The lowest BCUT2D eigenvalue weighted by Gasteiger charge is -2.36. The zero-order valence-corrected chi connectivity index (χ0v) is 44.6. The first-order valence-corrected chi connectivity index (χ1v) is 26.3. The molecule has 408 valence electrons. The lowest BCUT2D eigenvalue weighted by molar-refractivity contribution is -0.146. The maximum atomic E-state index is 12.8. The highest BCUT2D eigenvalue weighted by Gasteiger charge is 2.27. The molecule has 21 heteroatoms. The molecule has 8 aromatic heterocycles. The second-order valence-electron chi connectivity index (χ2n) is 19.6. The van der Waals surface area contributed by atoms with Crippen LogP contribution in [0.3, 0.4) is 0 Å². The Morgan fingerprint density at radius 1 is 0.543 bits per heavy atom. The second kappa shape index (κ2) is 24.7. The number of hydrogen-bond acceptors (Lipinski definition) is 15. The van der Waals surface area contributed by atoms with Crippen LogP contribution in [0.25, 0.3) is 56.1 Å². The molecule has 10 aromatic rings. The van der Waals surface area contributed by atoms with Crippen molar-refractivity contribution in [1.82, 2.24) is 58.5 Å². The van der Waals surface area contributed by atoms with E-state index in [0.717, 1.165) is 99.4 Å². The molecule has 0 aliphatic carbocycles. The average molecular weight is 1080 g/mol. The molecular formula is C60H58N16O5. The summed E-state index contributed by atoms with van der Waals surface area (Å²) in [5.41, 5.74) is 11.5. The fourth-order valence-corrected chi connectivity index (χ4v) is 9.84. The number of nitrogens with zero attached hydrogens (tertiary/aromatic N) is 15. The molecule has 0 bridgehead atoms. The Morgan fingerprint density at radius 2 is 1.00 bits per heavy atom. The third-order valence-corrected chi connectivity index (χ3v) is 14.1. The molecule has 0 saturated carbocycles. The summed E-state index contributed by atoms with van der Waals surface area (Å²) in [5.74, 6) is 0.365.